The Morgan fingerprint density at radius 2 is 1.70 bits per heavy atom. The lowest BCUT2D eigenvalue weighted by atomic mass is 10.1. The molecule has 30 heavy (non-hydrogen) atoms. The highest BCUT2D eigenvalue weighted by atomic mass is 15.3. The van der Waals surface area contributed by atoms with E-state index in [9.17, 15) is 0 Å². The molecule has 0 atom stereocenters. The van der Waals surface area contributed by atoms with Crippen LogP contribution in [0.3, 0.4) is 0 Å². The molecule has 1 aliphatic rings. The number of nitrogens with zero attached hydrogens (tertiary/aromatic N) is 5. The lowest BCUT2D eigenvalue weighted by Crippen LogP contribution is -2.44. The zero-order valence-corrected chi connectivity index (χ0v) is 17.9. The number of rotatable bonds is 4. The molecule has 0 bridgehead atoms. The number of aryl methyl sites for hydroxylation is 2. The fraction of sp³-hybridized carbons (Fsp3) is 0.333. The van der Waals surface area contributed by atoms with Crippen LogP contribution in [0.1, 0.15) is 16.8 Å². The summed E-state index contributed by atoms with van der Waals surface area (Å²) in [7, 11) is 2.18. The third-order valence-electron chi connectivity index (χ3n) is 6.01. The van der Waals surface area contributed by atoms with Crippen molar-refractivity contribution in [2.24, 2.45) is 0 Å². The van der Waals surface area contributed by atoms with Gasteiger partial charge in [0.05, 0.1) is 17.6 Å². The second kappa shape index (κ2) is 7.61. The van der Waals surface area contributed by atoms with Crippen LogP contribution in [0.25, 0.3) is 22.6 Å². The molecule has 0 unspecified atom stereocenters. The molecule has 0 aliphatic carbocycles. The average molecular weight is 401 g/mol. The van der Waals surface area contributed by atoms with E-state index in [4.69, 9.17) is 10.1 Å². The van der Waals surface area contributed by atoms with E-state index < -0.39 is 0 Å². The van der Waals surface area contributed by atoms with Crippen molar-refractivity contribution in [1.29, 1.82) is 0 Å². The number of hydrogen-bond acceptors (Lipinski definition) is 4. The van der Waals surface area contributed by atoms with Gasteiger partial charge in [-0.15, -0.1) is 0 Å². The highest BCUT2D eigenvalue weighted by molar-refractivity contribution is 5.82. The summed E-state index contributed by atoms with van der Waals surface area (Å²) in [6.45, 7) is 9.29. The first-order valence-electron chi connectivity index (χ1n) is 10.6. The molecule has 5 rings (SSSR count). The fourth-order valence-corrected chi connectivity index (χ4v) is 4.03. The Morgan fingerprint density at radius 3 is 2.47 bits per heavy atom. The highest BCUT2D eigenvalue weighted by Crippen LogP contribution is 2.25. The van der Waals surface area contributed by atoms with Crippen molar-refractivity contribution in [3.05, 3.63) is 65.4 Å². The fourth-order valence-electron chi connectivity index (χ4n) is 4.03. The molecule has 6 nitrogen and oxygen atoms in total. The standard InChI is InChI=1S/C24H28N6/c1-17-4-6-19(7-5-17)16-30-18(2)14-23(27-30)24-25-21-9-8-20(15-22(21)26-24)29-12-10-28(3)11-13-29/h4-9,14-15H,10-13,16H2,1-3H3,(H,25,26). The third kappa shape index (κ3) is 3.71. The van der Waals surface area contributed by atoms with Crippen molar-refractivity contribution < 1.29 is 0 Å². The monoisotopic (exact) mass is 400 g/mol. The van der Waals surface area contributed by atoms with Gasteiger partial charge in [0.25, 0.3) is 0 Å². The topological polar surface area (TPSA) is 53.0 Å². The number of aromatic amines is 1. The summed E-state index contributed by atoms with van der Waals surface area (Å²) >= 11 is 0. The second-order valence-electron chi connectivity index (χ2n) is 8.39. The minimum atomic E-state index is 0.764. The van der Waals surface area contributed by atoms with Gasteiger partial charge in [-0.2, -0.15) is 5.10 Å². The Hall–Kier alpha value is -3.12. The molecular weight excluding hydrogens is 372 g/mol. The summed E-state index contributed by atoms with van der Waals surface area (Å²) in [6, 6.07) is 17.2. The number of aromatic nitrogens is 4. The van der Waals surface area contributed by atoms with Crippen LogP contribution >= 0.6 is 0 Å². The van der Waals surface area contributed by atoms with Gasteiger partial charge in [0.15, 0.2) is 5.82 Å². The molecule has 1 fully saturated rings. The first-order valence-corrected chi connectivity index (χ1v) is 10.6. The number of likely N-dealkylation sites (N-methyl/N-ethyl adjacent to an activating group) is 1. The number of benzene rings is 2. The molecule has 2 aromatic carbocycles. The van der Waals surface area contributed by atoms with Crippen LogP contribution in [0.4, 0.5) is 5.69 Å². The number of piperazine rings is 1. The lowest BCUT2D eigenvalue weighted by molar-refractivity contribution is 0.313. The van der Waals surface area contributed by atoms with Crippen LogP contribution in [0.15, 0.2) is 48.5 Å². The Kier molecular flexibility index (Phi) is 4.79. The van der Waals surface area contributed by atoms with Crippen LogP contribution in [0, 0.1) is 13.8 Å². The van der Waals surface area contributed by atoms with Gasteiger partial charge in [0, 0.05) is 37.6 Å². The minimum Gasteiger partial charge on any atom is -0.369 e. The van der Waals surface area contributed by atoms with Gasteiger partial charge in [0.1, 0.15) is 5.69 Å². The molecule has 0 saturated carbocycles. The summed E-state index contributed by atoms with van der Waals surface area (Å²) < 4.78 is 2.04. The molecule has 0 spiro atoms. The van der Waals surface area contributed by atoms with Crippen molar-refractivity contribution in [1.82, 2.24) is 24.6 Å². The molecule has 3 heterocycles. The molecule has 2 aromatic heterocycles. The second-order valence-corrected chi connectivity index (χ2v) is 8.39. The van der Waals surface area contributed by atoms with E-state index in [1.54, 1.807) is 0 Å². The Balaban J connectivity index is 1.40. The van der Waals surface area contributed by atoms with E-state index in [0.29, 0.717) is 0 Å². The smallest absolute Gasteiger partial charge is 0.159 e. The molecule has 154 valence electrons. The zero-order chi connectivity index (χ0) is 20.7. The quantitative estimate of drug-likeness (QED) is 0.565. The lowest BCUT2D eigenvalue weighted by Gasteiger charge is -2.34. The largest absolute Gasteiger partial charge is 0.369 e. The number of fused-ring (bicyclic) bond motifs is 1. The van der Waals surface area contributed by atoms with E-state index in [0.717, 1.165) is 61.0 Å². The van der Waals surface area contributed by atoms with E-state index in [1.165, 1.54) is 16.8 Å². The van der Waals surface area contributed by atoms with Gasteiger partial charge in [-0.05, 0) is 50.7 Å². The summed E-state index contributed by atoms with van der Waals surface area (Å²) in [6.07, 6.45) is 0. The predicted octanol–water partition coefficient (Wildman–Crippen LogP) is 3.84. The first-order chi connectivity index (χ1) is 14.5. The zero-order valence-electron chi connectivity index (χ0n) is 17.9. The van der Waals surface area contributed by atoms with E-state index >= 15 is 0 Å². The van der Waals surface area contributed by atoms with E-state index in [-0.39, 0.29) is 0 Å². The molecule has 0 amide bonds. The van der Waals surface area contributed by atoms with Gasteiger partial charge in [-0.3, -0.25) is 4.68 Å². The normalized spacial score (nSPS) is 15.2. The maximum absolute atomic E-state index is 4.82. The number of imidazole rings is 1. The van der Waals surface area contributed by atoms with Gasteiger partial charge in [-0.25, -0.2) is 4.98 Å². The van der Waals surface area contributed by atoms with Gasteiger partial charge in [0.2, 0.25) is 0 Å². The maximum atomic E-state index is 4.82. The number of hydrogen-bond donors (Lipinski definition) is 1. The number of anilines is 1. The molecule has 1 aliphatic heterocycles. The summed E-state index contributed by atoms with van der Waals surface area (Å²) in [5.74, 6) is 0.825. The predicted molar refractivity (Wildman–Crippen MR) is 122 cm³/mol. The van der Waals surface area contributed by atoms with E-state index in [2.05, 4.69) is 84.2 Å². The SMILES string of the molecule is Cc1ccc(Cn2nc(-c3nc4ccc(N5CCN(C)CC5)cc4[nH]3)cc2C)cc1. The van der Waals surface area contributed by atoms with Crippen LogP contribution in [-0.2, 0) is 6.54 Å². The maximum Gasteiger partial charge on any atom is 0.159 e. The number of H-pyrrole nitrogens is 1. The third-order valence-corrected chi connectivity index (χ3v) is 6.01. The molecule has 1 saturated heterocycles. The first kappa shape index (κ1) is 18.9. The van der Waals surface area contributed by atoms with Gasteiger partial charge < -0.3 is 14.8 Å². The number of nitrogens with one attached hydrogen (secondary N) is 1. The average Bonchev–Trinajstić information content (AvgIpc) is 3.33. The van der Waals surface area contributed by atoms with Crippen LogP contribution in [0.2, 0.25) is 0 Å². The van der Waals surface area contributed by atoms with E-state index in [1.807, 2.05) is 4.68 Å². The van der Waals surface area contributed by atoms with Crippen molar-refractivity contribution in [3.63, 3.8) is 0 Å². The highest BCUT2D eigenvalue weighted by Gasteiger charge is 2.16. The summed E-state index contributed by atoms with van der Waals surface area (Å²) in [4.78, 5) is 13.1. The summed E-state index contributed by atoms with van der Waals surface area (Å²) in [5, 5.41) is 4.82. The molecule has 0 radical (unpaired) electrons. The Bertz CT molecular complexity index is 1160. The van der Waals surface area contributed by atoms with Crippen molar-refractivity contribution >= 4 is 16.7 Å². The van der Waals surface area contributed by atoms with Crippen molar-refractivity contribution in [3.8, 4) is 11.5 Å². The van der Waals surface area contributed by atoms with Crippen molar-refractivity contribution in [2.75, 3.05) is 38.1 Å². The molecule has 4 aromatic rings. The minimum absolute atomic E-state index is 0.764. The van der Waals surface area contributed by atoms with Crippen molar-refractivity contribution in [2.45, 2.75) is 20.4 Å². The van der Waals surface area contributed by atoms with Crippen LogP contribution < -0.4 is 4.90 Å². The Morgan fingerprint density at radius 1 is 0.933 bits per heavy atom. The van der Waals surface area contributed by atoms with Gasteiger partial charge >= 0.3 is 0 Å². The Labute approximate surface area is 177 Å². The van der Waals surface area contributed by atoms with Gasteiger partial charge in [-0.1, -0.05) is 29.8 Å². The molecular formula is C24H28N6. The van der Waals surface area contributed by atoms with Crippen LogP contribution in [0.5, 0.6) is 0 Å². The molecule has 1 N–H and O–H groups in total. The molecule has 6 heteroatoms. The van der Waals surface area contributed by atoms with Crippen LogP contribution in [-0.4, -0.2) is 57.9 Å². The summed E-state index contributed by atoms with van der Waals surface area (Å²) in [5.41, 5.74) is 7.84.